The van der Waals surface area contributed by atoms with Crippen LogP contribution in [0.25, 0.3) is 0 Å². The van der Waals surface area contributed by atoms with E-state index in [0.29, 0.717) is 5.92 Å². The average Bonchev–Trinajstić information content (AvgIpc) is 2.82. The smallest absolute Gasteiger partial charge is 0.410 e. The lowest BCUT2D eigenvalue weighted by molar-refractivity contribution is 0.0162. The summed E-state index contributed by atoms with van der Waals surface area (Å²) in [6.45, 7) is 12.1. The highest BCUT2D eigenvalue weighted by atomic mass is 16.6. The molecule has 2 saturated heterocycles. The van der Waals surface area contributed by atoms with Crippen molar-refractivity contribution in [2.24, 2.45) is 5.92 Å². The Morgan fingerprint density at radius 2 is 2.24 bits per heavy atom. The third-order valence-corrected chi connectivity index (χ3v) is 4.21. The predicted molar refractivity (Wildman–Crippen MR) is 82.4 cm³/mol. The molecule has 1 N–H and O–H groups in total. The largest absolute Gasteiger partial charge is 0.444 e. The highest BCUT2D eigenvalue weighted by Crippen LogP contribution is 2.22. The van der Waals surface area contributed by atoms with Gasteiger partial charge in [-0.2, -0.15) is 0 Å². The van der Waals surface area contributed by atoms with Crippen LogP contribution in [0.4, 0.5) is 4.79 Å². The molecule has 21 heavy (non-hydrogen) atoms. The van der Waals surface area contributed by atoms with Gasteiger partial charge in [0.05, 0.1) is 6.61 Å². The van der Waals surface area contributed by atoms with E-state index in [4.69, 9.17) is 9.47 Å². The maximum absolute atomic E-state index is 12.1. The third kappa shape index (κ3) is 5.15. The Bertz CT molecular complexity index is 359. The molecule has 0 aliphatic carbocycles. The maximum Gasteiger partial charge on any atom is 0.410 e. The standard InChI is InChI=1S/C16H30N2O3/c1-15(2,3)21-14(19)18-8-5-6-13(11-18)10-17-16(4)7-9-20-12-16/h13,17H,5-12H2,1-4H3. The Labute approximate surface area is 128 Å². The van der Waals surface area contributed by atoms with Crippen LogP contribution in [0.2, 0.25) is 0 Å². The molecule has 0 radical (unpaired) electrons. The van der Waals surface area contributed by atoms with Gasteiger partial charge in [-0.15, -0.1) is 0 Å². The van der Waals surface area contributed by atoms with Crippen LogP contribution < -0.4 is 5.32 Å². The van der Waals surface area contributed by atoms with E-state index in [1.54, 1.807) is 0 Å². The van der Waals surface area contributed by atoms with Gasteiger partial charge in [0, 0.05) is 31.8 Å². The molecule has 2 unspecified atom stereocenters. The molecule has 0 saturated carbocycles. The van der Waals surface area contributed by atoms with Gasteiger partial charge in [-0.05, 0) is 52.9 Å². The van der Waals surface area contributed by atoms with E-state index in [0.717, 1.165) is 45.7 Å². The molecule has 2 rings (SSSR count). The summed E-state index contributed by atoms with van der Waals surface area (Å²) >= 11 is 0. The molecule has 5 nitrogen and oxygen atoms in total. The molecular formula is C16H30N2O3. The van der Waals surface area contributed by atoms with Gasteiger partial charge in [0.25, 0.3) is 0 Å². The van der Waals surface area contributed by atoms with Crippen molar-refractivity contribution in [2.45, 2.75) is 58.1 Å². The molecule has 0 aromatic carbocycles. The van der Waals surface area contributed by atoms with Gasteiger partial charge >= 0.3 is 6.09 Å². The molecular weight excluding hydrogens is 268 g/mol. The first-order valence-electron chi connectivity index (χ1n) is 8.08. The summed E-state index contributed by atoms with van der Waals surface area (Å²) in [5, 5.41) is 3.63. The second-order valence-electron chi connectivity index (χ2n) is 7.68. The van der Waals surface area contributed by atoms with Crippen molar-refractivity contribution in [1.29, 1.82) is 0 Å². The fourth-order valence-electron chi connectivity index (χ4n) is 2.92. The lowest BCUT2D eigenvalue weighted by atomic mass is 9.95. The second kappa shape index (κ2) is 6.53. The number of carbonyl (C=O) groups is 1. The van der Waals surface area contributed by atoms with Gasteiger partial charge in [0.15, 0.2) is 0 Å². The van der Waals surface area contributed by atoms with Crippen LogP contribution in [0.15, 0.2) is 0 Å². The Balaban J connectivity index is 1.79. The van der Waals surface area contributed by atoms with Crippen molar-refractivity contribution in [2.75, 3.05) is 32.8 Å². The van der Waals surface area contributed by atoms with Crippen LogP contribution in [0.3, 0.4) is 0 Å². The molecule has 2 fully saturated rings. The summed E-state index contributed by atoms with van der Waals surface area (Å²) in [5.74, 6) is 0.503. The number of rotatable bonds is 3. The Hall–Kier alpha value is -0.810. The van der Waals surface area contributed by atoms with E-state index >= 15 is 0 Å². The topological polar surface area (TPSA) is 50.8 Å². The second-order valence-corrected chi connectivity index (χ2v) is 7.68. The highest BCUT2D eigenvalue weighted by molar-refractivity contribution is 5.68. The van der Waals surface area contributed by atoms with Gasteiger partial charge in [-0.1, -0.05) is 0 Å². The molecule has 122 valence electrons. The fourth-order valence-corrected chi connectivity index (χ4v) is 2.92. The Kier molecular flexibility index (Phi) is 5.15. The minimum absolute atomic E-state index is 0.105. The molecule has 0 bridgehead atoms. The van der Waals surface area contributed by atoms with E-state index in [1.165, 1.54) is 6.42 Å². The molecule has 0 aromatic heterocycles. The van der Waals surface area contributed by atoms with Gasteiger partial charge in [-0.25, -0.2) is 4.79 Å². The van der Waals surface area contributed by atoms with Gasteiger partial charge in [0.1, 0.15) is 5.60 Å². The molecule has 0 aromatic rings. The van der Waals surface area contributed by atoms with E-state index in [1.807, 2.05) is 25.7 Å². The monoisotopic (exact) mass is 298 g/mol. The van der Waals surface area contributed by atoms with E-state index in [2.05, 4.69) is 12.2 Å². The van der Waals surface area contributed by atoms with Crippen LogP contribution in [0.5, 0.6) is 0 Å². The number of piperidine rings is 1. The summed E-state index contributed by atoms with van der Waals surface area (Å²) in [4.78, 5) is 14.0. The molecule has 0 spiro atoms. The number of carbonyl (C=O) groups excluding carboxylic acids is 1. The first-order chi connectivity index (χ1) is 9.77. The van der Waals surface area contributed by atoms with Crippen molar-refractivity contribution in [1.82, 2.24) is 10.2 Å². The molecule has 2 atom stereocenters. The van der Waals surface area contributed by atoms with Crippen LogP contribution in [0.1, 0.15) is 47.0 Å². The van der Waals surface area contributed by atoms with Crippen molar-refractivity contribution >= 4 is 6.09 Å². The van der Waals surface area contributed by atoms with Crippen molar-refractivity contribution in [3.63, 3.8) is 0 Å². The zero-order valence-corrected chi connectivity index (χ0v) is 13.9. The number of amides is 1. The quantitative estimate of drug-likeness (QED) is 0.869. The Morgan fingerprint density at radius 3 is 2.86 bits per heavy atom. The highest BCUT2D eigenvalue weighted by Gasteiger charge is 2.32. The first kappa shape index (κ1) is 16.6. The summed E-state index contributed by atoms with van der Waals surface area (Å²) in [7, 11) is 0. The van der Waals surface area contributed by atoms with Crippen LogP contribution in [-0.2, 0) is 9.47 Å². The van der Waals surface area contributed by atoms with Crippen LogP contribution in [0, 0.1) is 5.92 Å². The van der Waals surface area contributed by atoms with Crippen molar-refractivity contribution in [3.8, 4) is 0 Å². The number of ether oxygens (including phenoxy) is 2. The molecule has 2 heterocycles. The first-order valence-corrected chi connectivity index (χ1v) is 8.08. The van der Waals surface area contributed by atoms with Gasteiger partial charge in [-0.3, -0.25) is 0 Å². The minimum Gasteiger partial charge on any atom is -0.444 e. The predicted octanol–water partition coefficient (Wildman–Crippen LogP) is 2.40. The summed E-state index contributed by atoms with van der Waals surface area (Å²) < 4.78 is 10.9. The van der Waals surface area contributed by atoms with Gasteiger partial charge < -0.3 is 19.7 Å². The lowest BCUT2D eigenvalue weighted by Gasteiger charge is -2.35. The number of hydrogen-bond donors (Lipinski definition) is 1. The molecule has 1 amide bonds. The zero-order chi connectivity index (χ0) is 15.5. The van der Waals surface area contributed by atoms with Crippen LogP contribution in [-0.4, -0.2) is 55.0 Å². The number of likely N-dealkylation sites (tertiary alicyclic amines) is 1. The summed E-state index contributed by atoms with van der Waals surface area (Å²) in [6.07, 6.45) is 3.11. The lowest BCUT2D eigenvalue weighted by Crippen LogP contribution is -2.49. The van der Waals surface area contributed by atoms with E-state index < -0.39 is 5.60 Å². The Morgan fingerprint density at radius 1 is 1.48 bits per heavy atom. The third-order valence-electron chi connectivity index (χ3n) is 4.21. The normalized spacial score (nSPS) is 30.5. The summed E-state index contributed by atoms with van der Waals surface area (Å²) in [6, 6.07) is 0. The van der Waals surface area contributed by atoms with E-state index in [9.17, 15) is 4.79 Å². The number of nitrogens with one attached hydrogen (secondary N) is 1. The van der Waals surface area contributed by atoms with Crippen molar-refractivity contribution < 1.29 is 14.3 Å². The SMILES string of the molecule is CC1(NCC2CCCN(C(=O)OC(C)(C)C)C2)CCOC1. The molecule has 2 aliphatic heterocycles. The molecule has 2 aliphatic rings. The minimum atomic E-state index is -0.420. The molecule has 5 heteroatoms. The number of nitrogens with zero attached hydrogens (tertiary/aromatic N) is 1. The van der Waals surface area contributed by atoms with Crippen LogP contribution >= 0.6 is 0 Å². The fraction of sp³-hybridized carbons (Fsp3) is 0.938. The van der Waals surface area contributed by atoms with Gasteiger partial charge in [0.2, 0.25) is 0 Å². The maximum atomic E-state index is 12.1. The summed E-state index contributed by atoms with van der Waals surface area (Å²) in [5.41, 5.74) is -0.314. The van der Waals surface area contributed by atoms with Crippen molar-refractivity contribution in [3.05, 3.63) is 0 Å². The number of hydrogen-bond acceptors (Lipinski definition) is 4. The average molecular weight is 298 g/mol. The van der Waals surface area contributed by atoms with E-state index in [-0.39, 0.29) is 11.6 Å². The zero-order valence-electron chi connectivity index (χ0n) is 13.9.